The van der Waals surface area contributed by atoms with Crippen LogP contribution in [-0.4, -0.2) is 9.97 Å². The summed E-state index contributed by atoms with van der Waals surface area (Å²) in [5.74, 6) is 0.703. The van der Waals surface area contributed by atoms with Crippen LogP contribution in [0.1, 0.15) is 5.56 Å². The van der Waals surface area contributed by atoms with Crippen molar-refractivity contribution in [3.05, 3.63) is 206 Å². The molecule has 0 amide bonds. The number of aromatic nitrogens is 2. The Kier molecular flexibility index (Phi) is 8.21. The van der Waals surface area contributed by atoms with Gasteiger partial charge in [0.15, 0.2) is 5.82 Å². The lowest BCUT2D eigenvalue weighted by molar-refractivity contribution is 1.18. The van der Waals surface area contributed by atoms with Crippen LogP contribution in [0.4, 0.5) is 0 Å². The average molecular weight is 712 g/mol. The molecule has 0 aliphatic rings. The molecule has 0 bridgehead atoms. The lowest BCUT2D eigenvalue weighted by atomic mass is 9.90. The summed E-state index contributed by atoms with van der Waals surface area (Å²) in [6.45, 7) is 0. The number of hydrogen-bond donors (Lipinski definition) is 0. The highest BCUT2D eigenvalue weighted by Crippen LogP contribution is 2.38. The number of nitriles is 1. The van der Waals surface area contributed by atoms with Crippen LogP contribution >= 0.6 is 0 Å². The third-order valence-corrected chi connectivity index (χ3v) is 10.7. The second-order valence-electron chi connectivity index (χ2n) is 14.1. The SMILES string of the molecule is N#Cc1cc(-c2ccc3ccc(-c4ccc(-c5cc(-c6ccccc6)nc(-c6ccccc6)n5)cc4)cc3c2)cc(-c2cc3ccccc3c3ccccc23)c1. The van der Waals surface area contributed by atoms with Gasteiger partial charge in [0.25, 0.3) is 0 Å². The standard InChI is InChI=1S/C53H33N3/c54-34-35-27-44(31-46(28-35)50-32-43-15-7-8-16-47(43)48-17-9-10-18-49(48)50)42-26-22-37-21-25-41(29-45(37)30-42)36-19-23-39(24-20-36)52-33-51(38-11-3-1-4-12-38)55-53(56-52)40-13-5-2-6-14-40/h1-33H. The van der Waals surface area contributed by atoms with Gasteiger partial charge in [-0.2, -0.15) is 5.26 Å². The third-order valence-electron chi connectivity index (χ3n) is 10.7. The second-order valence-corrected chi connectivity index (χ2v) is 14.1. The number of nitrogens with zero attached hydrogens (tertiary/aromatic N) is 3. The normalized spacial score (nSPS) is 11.2. The minimum absolute atomic E-state index is 0.638. The van der Waals surface area contributed by atoms with Crippen molar-refractivity contribution in [3.63, 3.8) is 0 Å². The van der Waals surface area contributed by atoms with E-state index in [0.717, 1.165) is 72.2 Å². The van der Waals surface area contributed by atoms with Crippen molar-refractivity contribution in [3.8, 4) is 73.4 Å². The molecule has 0 N–H and O–H groups in total. The van der Waals surface area contributed by atoms with Crippen LogP contribution in [-0.2, 0) is 0 Å². The Morgan fingerprint density at radius 3 is 1.55 bits per heavy atom. The Bertz CT molecular complexity index is 3070. The van der Waals surface area contributed by atoms with Crippen molar-refractivity contribution >= 4 is 32.3 Å². The molecule has 3 nitrogen and oxygen atoms in total. The van der Waals surface area contributed by atoms with E-state index in [9.17, 15) is 5.26 Å². The van der Waals surface area contributed by atoms with Crippen LogP contribution in [0.25, 0.3) is 99.6 Å². The van der Waals surface area contributed by atoms with Gasteiger partial charge in [-0.05, 0) is 108 Å². The van der Waals surface area contributed by atoms with Crippen molar-refractivity contribution in [2.75, 3.05) is 0 Å². The number of fused-ring (bicyclic) bond motifs is 4. The summed E-state index contributed by atoms with van der Waals surface area (Å²) in [6.07, 6.45) is 0. The molecule has 56 heavy (non-hydrogen) atoms. The van der Waals surface area contributed by atoms with Crippen LogP contribution in [0.2, 0.25) is 0 Å². The summed E-state index contributed by atoms with van der Waals surface area (Å²) in [5.41, 5.74) is 12.0. The summed E-state index contributed by atoms with van der Waals surface area (Å²) in [4.78, 5) is 9.96. The molecule has 1 aromatic heterocycles. The molecule has 3 heteroatoms. The van der Waals surface area contributed by atoms with E-state index in [1.54, 1.807) is 0 Å². The zero-order chi connectivity index (χ0) is 37.4. The summed E-state index contributed by atoms with van der Waals surface area (Å²) < 4.78 is 0. The molecule has 0 spiro atoms. The molecule has 0 unspecified atom stereocenters. The molecule has 1 heterocycles. The van der Waals surface area contributed by atoms with E-state index in [1.807, 2.05) is 60.7 Å². The highest BCUT2D eigenvalue weighted by molar-refractivity contribution is 6.14. The van der Waals surface area contributed by atoms with E-state index in [-0.39, 0.29) is 0 Å². The molecule has 0 radical (unpaired) electrons. The maximum absolute atomic E-state index is 10.2. The molecule has 260 valence electrons. The lowest BCUT2D eigenvalue weighted by Gasteiger charge is -2.13. The van der Waals surface area contributed by atoms with E-state index in [4.69, 9.17) is 9.97 Å². The monoisotopic (exact) mass is 711 g/mol. The Morgan fingerprint density at radius 2 is 0.857 bits per heavy atom. The molecule has 0 atom stereocenters. The van der Waals surface area contributed by atoms with Crippen molar-refractivity contribution in [2.45, 2.75) is 0 Å². The van der Waals surface area contributed by atoms with E-state index in [0.29, 0.717) is 11.4 Å². The zero-order valence-corrected chi connectivity index (χ0v) is 30.4. The zero-order valence-electron chi connectivity index (χ0n) is 30.4. The van der Waals surface area contributed by atoms with Crippen molar-refractivity contribution < 1.29 is 0 Å². The van der Waals surface area contributed by atoms with Crippen LogP contribution in [0, 0.1) is 11.3 Å². The second kappa shape index (κ2) is 14.0. The molecule has 9 aromatic carbocycles. The van der Waals surface area contributed by atoms with E-state index in [1.165, 1.54) is 21.5 Å². The minimum atomic E-state index is 0.638. The smallest absolute Gasteiger partial charge is 0.160 e. The maximum atomic E-state index is 10.2. The van der Waals surface area contributed by atoms with E-state index in [2.05, 4.69) is 146 Å². The molecule has 0 saturated heterocycles. The summed E-state index contributed by atoms with van der Waals surface area (Å²) in [5, 5.41) is 17.3. The first-order valence-corrected chi connectivity index (χ1v) is 18.8. The van der Waals surface area contributed by atoms with Gasteiger partial charge in [0.1, 0.15) is 0 Å². The van der Waals surface area contributed by atoms with Crippen LogP contribution in [0.5, 0.6) is 0 Å². The minimum Gasteiger partial charge on any atom is -0.228 e. The topological polar surface area (TPSA) is 49.6 Å². The molecular weight excluding hydrogens is 679 g/mol. The molecule has 0 fully saturated rings. The van der Waals surface area contributed by atoms with Gasteiger partial charge in [0.2, 0.25) is 0 Å². The van der Waals surface area contributed by atoms with Crippen molar-refractivity contribution in [2.24, 2.45) is 0 Å². The first kappa shape index (κ1) is 32.9. The first-order valence-electron chi connectivity index (χ1n) is 18.8. The molecule has 10 rings (SSSR count). The Labute approximate surface area is 325 Å². The van der Waals surface area contributed by atoms with Gasteiger partial charge in [-0.25, -0.2) is 9.97 Å². The number of benzene rings is 9. The van der Waals surface area contributed by atoms with Gasteiger partial charge in [-0.1, -0.05) is 158 Å². The van der Waals surface area contributed by atoms with Gasteiger partial charge in [0, 0.05) is 16.7 Å². The van der Waals surface area contributed by atoms with Crippen LogP contribution in [0.3, 0.4) is 0 Å². The van der Waals surface area contributed by atoms with Gasteiger partial charge in [-0.3, -0.25) is 0 Å². The summed E-state index contributed by atoms with van der Waals surface area (Å²) in [6, 6.07) is 72.3. The quantitative estimate of drug-likeness (QED) is 0.161. The fourth-order valence-corrected chi connectivity index (χ4v) is 7.81. The predicted molar refractivity (Wildman–Crippen MR) is 232 cm³/mol. The highest BCUT2D eigenvalue weighted by Gasteiger charge is 2.14. The van der Waals surface area contributed by atoms with Gasteiger partial charge >= 0.3 is 0 Å². The summed E-state index contributed by atoms with van der Waals surface area (Å²) >= 11 is 0. The Morgan fingerprint density at radius 1 is 0.321 bits per heavy atom. The molecular formula is C53H33N3. The fraction of sp³-hybridized carbons (Fsp3) is 0. The largest absolute Gasteiger partial charge is 0.228 e. The van der Waals surface area contributed by atoms with E-state index < -0.39 is 0 Å². The predicted octanol–water partition coefficient (Wildman–Crippen LogP) is 13.8. The average Bonchev–Trinajstić information content (AvgIpc) is 3.28. The highest BCUT2D eigenvalue weighted by atomic mass is 14.9. The molecule has 0 aliphatic heterocycles. The van der Waals surface area contributed by atoms with Crippen LogP contribution < -0.4 is 0 Å². The lowest BCUT2D eigenvalue weighted by Crippen LogP contribution is -1.95. The molecule has 10 aromatic rings. The number of rotatable bonds is 6. The van der Waals surface area contributed by atoms with Crippen molar-refractivity contribution in [1.29, 1.82) is 5.26 Å². The first-order chi connectivity index (χ1) is 27.7. The molecule has 0 saturated carbocycles. The van der Waals surface area contributed by atoms with E-state index >= 15 is 0 Å². The molecule has 0 aliphatic carbocycles. The van der Waals surface area contributed by atoms with Crippen molar-refractivity contribution in [1.82, 2.24) is 9.97 Å². The van der Waals surface area contributed by atoms with Gasteiger partial charge in [-0.15, -0.1) is 0 Å². The Hall–Kier alpha value is -7.67. The maximum Gasteiger partial charge on any atom is 0.160 e. The Balaban J connectivity index is 1.01. The van der Waals surface area contributed by atoms with Crippen LogP contribution in [0.15, 0.2) is 200 Å². The third kappa shape index (κ3) is 6.16. The van der Waals surface area contributed by atoms with Gasteiger partial charge < -0.3 is 0 Å². The van der Waals surface area contributed by atoms with Gasteiger partial charge in [0.05, 0.1) is 23.0 Å². The summed E-state index contributed by atoms with van der Waals surface area (Å²) in [7, 11) is 0. The fourth-order valence-electron chi connectivity index (χ4n) is 7.81. The number of hydrogen-bond acceptors (Lipinski definition) is 3.